The number of benzene rings is 1. The number of hydrogen-bond donors (Lipinski definition) is 1. The molecule has 1 amide bonds. The van der Waals surface area contributed by atoms with E-state index in [1.807, 2.05) is 24.3 Å². The summed E-state index contributed by atoms with van der Waals surface area (Å²) in [6, 6.07) is 8.29. The molecule has 1 aliphatic heterocycles. The zero-order chi connectivity index (χ0) is 14.7. The maximum Gasteiger partial charge on any atom is 0.223 e. The molecule has 1 unspecified atom stereocenters. The summed E-state index contributed by atoms with van der Waals surface area (Å²) in [6.45, 7) is 2.52. The van der Waals surface area contributed by atoms with Crippen LogP contribution in [-0.2, 0) is 16.0 Å². The molecule has 0 spiro atoms. The number of hydrogen-bond acceptors (Lipinski definition) is 3. The lowest BCUT2D eigenvalue weighted by atomic mass is 10.1. The highest BCUT2D eigenvalue weighted by Crippen LogP contribution is 2.30. The van der Waals surface area contributed by atoms with Gasteiger partial charge >= 0.3 is 0 Å². The van der Waals surface area contributed by atoms with Gasteiger partial charge in [0.25, 0.3) is 0 Å². The molecule has 1 atom stereocenters. The smallest absolute Gasteiger partial charge is 0.223 e. The van der Waals surface area contributed by atoms with Gasteiger partial charge in [0.15, 0.2) is 0 Å². The van der Waals surface area contributed by atoms with Crippen molar-refractivity contribution in [3.63, 3.8) is 0 Å². The highest BCUT2D eigenvalue weighted by molar-refractivity contribution is 5.85. The molecule has 1 aliphatic carbocycles. The highest BCUT2D eigenvalue weighted by atomic mass is 35.5. The van der Waals surface area contributed by atoms with Crippen LogP contribution in [0.15, 0.2) is 24.3 Å². The Morgan fingerprint density at radius 1 is 1.27 bits per heavy atom. The molecule has 1 saturated carbocycles. The van der Waals surface area contributed by atoms with Gasteiger partial charge in [-0.1, -0.05) is 18.2 Å². The number of rotatable bonds is 6. The fraction of sp³-hybridized carbons (Fsp3) is 0.588. The van der Waals surface area contributed by atoms with E-state index in [4.69, 9.17) is 10.5 Å². The van der Waals surface area contributed by atoms with E-state index in [-0.39, 0.29) is 18.3 Å². The molecule has 0 aromatic heterocycles. The lowest BCUT2D eigenvalue weighted by Gasteiger charge is -2.25. The van der Waals surface area contributed by atoms with Gasteiger partial charge in [-0.25, -0.2) is 0 Å². The second kappa shape index (κ2) is 7.84. The zero-order valence-corrected chi connectivity index (χ0v) is 13.7. The monoisotopic (exact) mass is 324 g/mol. The minimum atomic E-state index is 0. The van der Waals surface area contributed by atoms with E-state index in [1.165, 1.54) is 0 Å². The lowest BCUT2D eigenvalue weighted by molar-refractivity contribution is -0.132. The number of nitrogens with two attached hydrogens (primary N) is 1. The molecule has 1 aromatic rings. The van der Waals surface area contributed by atoms with E-state index in [2.05, 4.69) is 4.90 Å². The van der Waals surface area contributed by atoms with Crippen LogP contribution in [-0.4, -0.2) is 36.6 Å². The number of nitrogen functional groups attached to an aromatic ring is 1. The zero-order valence-electron chi connectivity index (χ0n) is 12.9. The third-order valence-electron chi connectivity index (χ3n) is 4.45. The number of ether oxygens (including phenoxy) is 1. The van der Waals surface area contributed by atoms with Gasteiger partial charge in [-0.15, -0.1) is 12.4 Å². The summed E-state index contributed by atoms with van der Waals surface area (Å²) in [5.74, 6) is 0.795. The van der Waals surface area contributed by atoms with Gasteiger partial charge in [-0.3, -0.25) is 4.79 Å². The molecule has 2 aliphatic rings. The van der Waals surface area contributed by atoms with Crippen molar-refractivity contribution in [3.05, 3.63) is 29.8 Å². The number of aryl methyl sites for hydroxylation is 1. The minimum Gasteiger partial charge on any atom is -0.399 e. The van der Waals surface area contributed by atoms with Crippen molar-refractivity contribution in [2.45, 2.75) is 38.1 Å². The van der Waals surface area contributed by atoms with Crippen LogP contribution < -0.4 is 5.73 Å². The topological polar surface area (TPSA) is 55.6 Å². The van der Waals surface area contributed by atoms with Crippen LogP contribution in [0.1, 0.15) is 31.2 Å². The van der Waals surface area contributed by atoms with Gasteiger partial charge in [0.05, 0.1) is 6.61 Å². The van der Waals surface area contributed by atoms with Crippen molar-refractivity contribution in [1.82, 2.24) is 4.90 Å². The summed E-state index contributed by atoms with van der Waals surface area (Å²) >= 11 is 0. The lowest BCUT2D eigenvalue weighted by Crippen LogP contribution is -2.37. The van der Waals surface area contributed by atoms with Crippen LogP contribution in [0.3, 0.4) is 0 Å². The molecule has 2 N–H and O–H groups in total. The molecule has 1 saturated heterocycles. The Balaban J connectivity index is 0.00000176. The Morgan fingerprint density at radius 2 is 2.05 bits per heavy atom. The minimum absolute atomic E-state index is 0. The first kappa shape index (κ1) is 17.1. The van der Waals surface area contributed by atoms with Crippen LogP contribution in [0.25, 0.3) is 0 Å². The molecule has 22 heavy (non-hydrogen) atoms. The van der Waals surface area contributed by atoms with Gasteiger partial charge in [0.1, 0.15) is 0 Å². The van der Waals surface area contributed by atoms with Crippen molar-refractivity contribution >= 4 is 24.0 Å². The van der Waals surface area contributed by atoms with Crippen molar-refractivity contribution in [2.75, 3.05) is 25.5 Å². The summed E-state index contributed by atoms with van der Waals surface area (Å²) in [5.41, 5.74) is 7.81. The first-order valence-electron chi connectivity index (χ1n) is 7.94. The van der Waals surface area contributed by atoms with Gasteiger partial charge in [0.2, 0.25) is 5.91 Å². The van der Waals surface area contributed by atoms with E-state index >= 15 is 0 Å². The highest BCUT2D eigenvalue weighted by Gasteiger charge is 2.34. The van der Waals surface area contributed by atoms with Crippen molar-refractivity contribution in [2.24, 2.45) is 5.92 Å². The maximum absolute atomic E-state index is 12.5. The van der Waals surface area contributed by atoms with Crippen molar-refractivity contribution < 1.29 is 9.53 Å². The molecule has 122 valence electrons. The number of para-hydroxylation sites is 1. The van der Waals surface area contributed by atoms with E-state index in [9.17, 15) is 4.79 Å². The number of carbonyl (C=O) groups excluding carboxylic acids is 1. The maximum atomic E-state index is 12.5. The number of carbonyl (C=O) groups is 1. The molecule has 5 heteroatoms. The largest absolute Gasteiger partial charge is 0.399 e. The predicted molar refractivity (Wildman–Crippen MR) is 90.1 cm³/mol. The Hall–Kier alpha value is -1.26. The van der Waals surface area contributed by atoms with E-state index in [0.29, 0.717) is 18.4 Å². The number of anilines is 1. The summed E-state index contributed by atoms with van der Waals surface area (Å²) in [4.78, 5) is 14.6. The molecule has 1 aromatic carbocycles. The fourth-order valence-electron chi connectivity index (χ4n) is 2.99. The second-order valence-electron chi connectivity index (χ2n) is 6.21. The normalized spacial score (nSPS) is 20.5. The van der Waals surface area contributed by atoms with Crippen molar-refractivity contribution in [1.29, 1.82) is 0 Å². The van der Waals surface area contributed by atoms with Crippen molar-refractivity contribution in [3.8, 4) is 0 Å². The molecular formula is C17H25ClN2O2. The molecular weight excluding hydrogens is 300 g/mol. The van der Waals surface area contributed by atoms with Gasteiger partial charge in [-0.05, 0) is 37.3 Å². The number of nitrogens with zero attached hydrogens (tertiary/aromatic N) is 1. The molecule has 4 nitrogen and oxygen atoms in total. The first-order chi connectivity index (χ1) is 10.2. The van der Waals surface area contributed by atoms with Gasteiger partial charge in [0, 0.05) is 37.2 Å². The molecule has 1 heterocycles. The van der Waals surface area contributed by atoms with Crippen LogP contribution in [0.2, 0.25) is 0 Å². The summed E-state index contributed by atoms with van der Waals surface area (Å²) in [6.07, 6.45) is 4.69. The number of halogens is 1. The molecule has 2 fully saturated rings. The Bertz CT molecular complexity index is 499. The van der Waals surface area contributed by atoms with E-state index < -0.39 is 0 Å². The average Bonchev–Trinajstić information content (AvgIpc) is 3.20. The Kier molecular flexibility index (Phi) is 6.09. The quantitative estimate of drug-likeness (QED) is 0.818. The Labute approximate surface area is 138 Å². The second-order valence-corrected chi connectivity index (χ2v) is 6.21. The first-order valence-corrected chi connectivity index (χ1v) is 7.94. The van der Waals surface area contributed by atoms with E-state index in [1.54, 1.807) is 0 Å². The number of amides is 1. The fourth-order valence-corrected chi connectivity index (χ4v) is 2.99. The SMILES string of the molecule is Cl.Nc1ccccc1CCC(=O)N(CC1CCOC1)C1CC1. The molecule has 3 rings (SSSR count). The predicted octanol–water partition coefficient (Wildman–Crippen LogP) is 2.65. The van der Waals surface area contributed by atoms with Crippen LogP contribution in [0, 0.1) is 5.92 Å². The molecule has 0 radical (unpaired) electrons. The summed E-state index contributed by atoms with van der Waals surface area (Å²) < 4.78 is 5.43. The molecule has 0 bridgehead atoms. The standard InChI is InChI=1S/C17H24N2O2.ClH/c18-16-4-2-1-3-14(16)5-8-17(20)19(15-6-7-15)11-13-9-10-21-12-13;/h1-4,13,15H,5-12,18H2;1H. The van der Waals surface area contributed by atoms with Crippen LogP contribution in [0.5, 0.6) is 0 Å². The average molecular weight is 325 g/mol. The Morgan fingerprint density at radius 3 is 2.68 bits per heavy atom. The van der Waals surface area contributed by atoms with Crippen LogP contribution in [0.4, 0.5) is 5.69 Å². The van der Waals surface area contributed by atoms with E-state index in [0.717, 1.165) is 56.7 Å². The van der Waals surface area contributed by atoms with Gasteiger partial charge in [-0.2, -0.15) is 0 Å². The third kappa shape index (κ3) is 4.37. The third-order valence-corrected chi connectivity index (χ3v) is 4.45. The summed E-state index contributed by atoms with van der Waals surface area (Å²) in [7, 11) is 0. The van der Waals surface area contributed by atoms with Gasteiger partial charge < -0.3 is 15.4 Å². The van der Waals surface area contributed by atoms with Crippen LogP contribution >= 0.6 is 12.4 Å². The summed E-state index contributed by atoms with van der Waals surface area (Å²) in [5, 5.41) is 0.